The van der Waals surface area contributed by atoms with E-state index in [1.807, 2.05) is 5.38 Å². The summed E-state index contributed by atoms with van der Waals surface area (Å²) in [5.74, 6) is 2.17. The Kier molecular flexibility index (Phi) is 2.92. The van der Waals surface area contributed by atoms with Crippen molar-refractivity contribution in [2.75, 3.05) is 0 Å². The van der Waals surface area contributed by atoms with Crippen LogP contribution in [0.2, 0.25) is 0 Å². The lowest BCUT2D eigenvalue weighted by atomic mass is 10.4. The quantitative estimate of drug-likeness (QED) is 0.408. The largest absolute Gasteiger partial charge is 0.219 e. The number of rotatable bonds is 0. The van der Waals surface area contributed by atoms with Crippen LogP contribution in [-0.2, 0) is 5.11 Å². The summed E-state index contributed by atoms with van der Waals surface area (Å²) < 4.78 is 0. The van der Waals surface area contributed by atoms with Gasteiger partial charge in [-0.05, 0) is 18.5 Å². The second-order valence-electron chi connectivity index (χ2n) is 0.881. The molecule has 0 aromatic rings. The Morgan fingerprint density at radius 1 is 1.83 bits per heavy atom. The molecule has 0 N–H and O–H groups in total. The highest BCUT2D eigenvalue weighted by molar-refractivity contribution is 6.30. The second-order valence-corrected chi connectivity index (χ2v) is 1.07. The molecule has 0 aliphatic heterocycles. The van der Waals surface area contributed by atoms with Crippen LogP contribution in [0.1, 0.15) is 6.92 Å². The van der Waals surface area contributed by atoms with Crippen LogP contribution in [0.5, 0.6) is 0 Å². The molecule has 0 aromatic carbocycles. The van der Waals surface area contributed by atoms with Gasteiger partial charge in [0.05, 0.1) is 0 Å². The zero-order valence-electron chi connectivity index (χ0n) is 3.36. The highest BCUT2D eigenvalue weighted by Crippen LogP contribution is 1.74. The van der Waals surface area contributed by atoms with Crippen molar-refractivity contribution in [3.05, 3.63) is 0 Å². The first kappa shape index (κ1) is 5.81. The van der Waals surface area contributed by atoms with E-state index in [2.05, 4.69) is 5.92 Å². The van der Waals surface area contributed by atoms with Crippen LogP contribution in [0.4, 0.5) is 0 Å². The minimum absolute atomic E-state index is 0.845. The summed E-state index contributed by atoms with van der Waals surface area (Å²) in [6, 6.07) is 0. The molecule has 0 bridgehead atoms. The molecule has 1 radical (unpaired) electrons. The molecule has 2 heteroatoms. The van der Waals surface area contributed by atoms with E-state index in [1.165, 1.54) is 6.92 Å². The van der Waals surface area contributed by atoms with E-state index in [0.717, 1.165) is 0 Å². The van der Waals surface area contributed by atoms with E-state index in [4.69, 9.17) is 11.6 Å². The first-order valence-corrected chi connectivity index (χ1v) is 1.92. The number of hydrogen-bond acceptors (Lipinski definition) is 0. The van der Waals surface area contributed by atoms with E-state index in [0.29, 0.717) is 0 Å². The summed E-state index contributed by atoms with van der Waals surface area (Å²) in [6.45, 7) is 1.44. The van der Waals surface area contributed by atoms with Gasteiger partial charge in [0, 0.05) is 5.38 Å². The third-order valence-electron chi connectivity index (χ3n) is 0.258. The van der Waals surface area contributed by atoms with Crippen molar-refractivity contribution in [2.45, 2.75) is 13.0 Å². The van der Waals surface area contributed by atoms with Crippen LogP contribution in [0, 0.1) is 11.3 Å². The summed E-state index contributed by atoms with van der Waals surface area (Å²) in [4.78, 5) is 0. The standard InChI is InChI=1S/C4H4ClO/c1-4(6)2-3-5/h4H,1H3. The Balaban J connectivity index is 3.20. The van der Waals surface area contributed by atoms with Gasteiger partial charge >= 0.3 is 0 Å². The minimum Gasteiger partial charge on any atom is -0.219 e. The van der Waals surface area contributed by atoms with E-state index < -0.39 is 6.10 Å². The molecular weight excluding hydrogens is 99.5 g/mol. The normalized spacial score (nSPS) is 11.8. The van der Waals surface area contributed by atoms with E-state index in [-0.39, 0.29) is 0 Å². The molecule has 0 saturated heterocycles. The highest BCUT2D eigenvalue weighted by atomic mass is 35.5. The molecule has 1 nitrogen and oxygen atoms in total. The first-order valence-electron chi connectivity index (χ1n) is 1.54. The number of halogens is 1. The van der Waals surface area contributed by atoms with Gasteiger partial charge in [0.15, 0.2) is 6.10 Å². The molecular formula is C4H4ClO. The van der Waals surface area contributed by atoms with Crippen molar-refractivity contribution < 1.29 is 5.11 Å². The monoisotopic (exact) mass is 103 g/mol. The molecule has 0 rings (SSSR count). The van der Waals surface area contributed by atoms with Crippen LogP contribution < -0.4 is 0 Å². The van der Waals surface area contributed by atoms with E-state index in [9.17, 15) is 5.11 Å². The van der Waals surface area contributed by atoms with Crippen molar-refractivity contribution >= 4 is 11.6 Å². The zero-order valence-corrected chi connectivity index (χ0v) is 4.12. The zero-order chi connectivity index (χ0) is 4.99. The summed E-state index contributed by atoms with van der Waals surface area (Å²) >= 11 is 4.84. The number of hydrogen-bond donors (Lipinski definition) is 0. The lowest BCUT2D eigenvalue weighted by Gasteiger charge is -1.76. The van der Waals surface area contributed by atoms with Crippen molar-refractivity contribution in [1.82, 2.24) is 0 Å². The van der Waals surface area contributed by atoms with Crippen LogP contribution in [0.15, 0.2) is 0 Å². The Morgan fingerprint density at radius 3 is 2.33 bits per heavy atom. The molecule has 33 valence electrons. The van der Waals surface area contributed by atoms with Gasteiger partial charge in [-0.2, -0.15) is 0 Å². The Morgan fingerprint density at radius 2 is 2.33 bits per heavy atom. The molecule has 0 spiro atoms. The van der Waals surface area contributed by atoms with E-state index >= 15 is 0 Å². The highest BCUT2D eigenvalue weighted by Gasteiger charge is 1.81. The van der Waals surface area contributed by atoms with Crippen molar-refractivity contribution in [2.24, 2.45) is 0 Å². The maximum atomic E-state index is 9.87. The van der Waals surface area contributed by atoms with Gasteiger partial charge in [-0.1, -0.05) is 5.92 Å². The second kappa shape index (κ2) is 3.02. The topological polar surface area (TPSA) is 19.9 Å². The molecule has 0 aliphatic rings. The third-order valence-corrected chi connectivity index (χ3v) is 0.367. The van der Waals surface area contributed by atoms with Gasteiger partial charge in [0.25, 0.3) is 0 Å². The summed E-state index contributed by atoms with van der Waals surface area (Å²) in [5, 5.41) is 11.8. The van der Waals surface area contributed by atoms with Gasteiger partial charge in [0.2, 0.25) is 0 Å². The average molecular weight is 104 g/mol. The molecule has 6 heavy (non-hydrogen) atoms. The predicted octanol–water partition coefficient (Wildman–Crippen LogP) is 1.01. The summed E-state index contributed by atoms with van der Waals surface area (Å²) in [7, 11) is 0. The molecule has 0 aromatic heterocycles. The van der Waals surface area contributed by atoms with Crippen LogP contribution >= 0.6 is 11.6 Å². The lowest BCUT2D eigenvalue weighted by molar-refractivity contribution is 0.154. The summed E-state index contributed by atoms with van der Waals surface area (Å²) in [5.41, 5.74) is 0. The predicted molar refractivity (Wildman–Crippen MR) is 23.8 cm³/mol. The van der Waals surface area contributed by atoms with Gasteiger partial charge in [-0.3, -0.25) is 0 Å². The fourth-order valence-electron chi connectivity index (χ4n) is 0.0768. The van der Waals surface area contributed by atoms with Crippen molar-refractivity contribution in [3.8, 4) is 11.3 Å². The molecule has 0 saturated carbocycles. The van der Waals surface area contributed by atoms with Crippen molar-refractivity contribution in [3.63, 3.8) is 0 Å². The lowest BCUT2D eigenvalue weighted by Crippen LogP contribution is -1.87. The molecule has 0 heterocycles. The Labute approximate surface area is 41.9 Å². The fourth-order valence-corrected chi connectivity index (χ4v) is 0.230. The molecule has 1 atom stereocenters. The van der Waals surface area contributed by atoms with Gasteiger partial charge in [0.1, 0.15) is 0 Å². The van der Waals surface area contributed by atoms with Gasteiger partial charge in [-0.25, -0.2) is 5.11 Å². The Hall–Kier alpha value is -0.190. The first-order chi connectivity index (χ1) is 2.77. The van der Waals surface area contributed by atoms with Crippen LogP contribution in [-0.4, -0.2) is 6.10 Å². The fraction of sp³-hybridized carbons (Fsp3) is 0.500. The van der Waals surface area contributed by atoms with Crippen molar-refractivity contribution in [1.29, 1.82) is 0 Å². The van der Waals surface area contributed by atoms with Gasteiger partial charge < -0.3 is 0 Å². The van der Waals surface area contributed by atoms with Gasteiger partial charge in [-0.15, -0.1) is 0 Å². The molecule has 0 amide bonds. The average Bonchev–Trinajstić information content (AvgIpc) is 1.35. The molecule has 0 aliphatic carbocycles. The third kappa shape index (κ3) is 3.81. The molecule has 0 fully saturated rings. The van der Waals surface area contributed by atoms with Crippen LogP contribution in [0.25, 0.3) is 0 Å². The maximum Gasteiger partial charge on any atom is 0.152 e. The van der Waals surface area contributed by atoms with E-state index in [1.54, 1.807) is 0 Å². The summed E-state index contributed by atoms with van der Waals surface area (Å²) in [6.07, 6.45) is -0.845. The Bertz CT molecular complexity index is 77.3. The van der Waals surface area contributed by atoms with Crippen LogP contribution in [0.3, 0.4) is 0 Å². The SMILES string of the molecule is CC([O])C#CCl. The maximum absolute atomic E-state index is 9.87. The minimum atomic E-state index is -0.845. The molecule has 1 unspecified atom stereocenters. The smallest absolute Gasteiger partial charge is 0.152 e.